The van der Waals surface area contributed by atoms with Gasteiger partial charge in [0.15, 0.2) is 5.11 Å². The molecule has 0 aliphatic heterocycles. The summed E-state index contributed by atoms with van der Waals surface area (Å²) in [6.45, 7) is 3.83. The van der Waals surface area contributed by atoms with Crippen molar-refractivity contribution in [2.24, 2.45) is 0 Å². The lowest BCUT2D eigenvalue weighted by atomic mass is 10.1. The number of benzene rings is 2. The van der Waals surface area contributed by atoms with Gasteiger partial charge in [0, 0.05) is 29.6 Å². The average molecular weight is 459 g/mol. The minimum atomic E-state index is -0.487. The summed E-state index contributed by atoms with van der Waals surface area (Å²) < 4.78 is 0. The number of halogens is 1. The molecule has 0 atom stereocenters. The van der Waals surface area contributed by atoms with Gasteiger partial charge < -0.3 is 5.32 Å². The van der Waals surface area contributed by atoms with E-state index in [1.54, 1.807) is 30.3 Å². The van der Waals surface area contributed by atoms with E-state index in [1.165, 1.54) is 6.08 Å². The van der Waals surface area contributed by atoms with Crippen LogP contribution in [-0.2, 0) is 14.4 Å². The van der Waals surface area contributed by atoms with Crippen LogP contribution in [0.1, 0.15) is 29.5 Å². The Bertz CT molecular complexity index is 1020. The minimum Gasteiger partial charge on any atom is -0.326 e. The minimum absolute atomic E-state index is 0.000584. The highest BCUT2D eigenvalue weighted by molar-refractivity contribution is 7.80. The van der Waals surface area contributed by atoms with Gasteiger partial charge in [-0.15, -0.1) is 0 Å². The second kappa shape index (κ2) is 11.8. The largest absolute Gasteiger partial charge is 0.326 e. The molecule has 2 aromatic carbocycles. The van der Waals surface area contributed by atoms with Crippen molar-refractivity contribution < 1.29 is 14.4 Å². The highest BCUT2D eigenvalue weighted by Gasteiger charge is 2.09. The Hall–Kier alpha value is -3.23. The number of carbonyl (C=O) groups excluding carboxylic acids is 3. The number of nitrogens with one attached hydrogen (secondary N) is 4. The zero-order valence-electron chi connectivity index (χ0n) is 17.1. The molecule has 0 aromatic heterocycles. The van der Waals surface area contributed by atoms with Crippen LogP contribution in [0.5, 0.6) is 0 Å². The van der Waals surface area contributed by atoms with Crippen molar-refractivity contribution in [2.45, 2.75) is 26.7 Å². The summed E-state index contributed by atoms with van der Waals surface area (Å²) in [5.74, 6) is -1.21. The smallest absolute Gasteiger partial charge is 0.250 e. The summed E-state index contributed by atoms with van der Waals surface area (Å²) in [7, 11) is 0. The van der Waals surface area contributed by atoms with E-state index in [-0.39, 0.29) is 23.9 Å². The zero-order valence-corrected chi connectivity index (χ0v) is 18.7. The molecule has 0 radical (unpaired) electrons. The molecule has 0 unspecified atom stereocenters. The van der Waals surface area contributed by atoms with Gasteiger partial charge >= 0.3 is 0 Å². The highest BCUT2D eigenvalue weighted by atomic mass is 35.5. The maximum absolute atomic E-state index is 12.1. The van der Waals surface area contributed by atoms with Crippen molar-refractivity contribution in [1.29, 1.82) is 0 Å². The Kier molecular flexibility index (Phi) is 9.17. The second-order valence-electron chi connectivity index (χ2n) is 6.71. The Morgan fingerprint density at radius 1 is 1.00 bits per heavy atom. The van der Waals surface area contributed by atoms with Gasteiger partial charge in [-0.3, -0.25) is 30.6 Å². The molecular weight excluding hydrogens is 436 g/mol. The second-order valence-corrected chi connectivity index (χ2v) is 7.53. The van der Waals surface area contributed by atoms with Gasteiger partial charge in [-0.05, 0) is 61.0 Å². The fourth-order valence-electron chi connectivity index (χ4n) is 2.46. The fraction of sp³-hybridized carbons (Fsp3) is 0.182. The lowest BCUT2D eigenvalue weighted by Gasteiger charge is -2.11. The lowest BCUT2D eigenvalue weighted by Crippen LogP contribution is -2.48. The third kappa shape index (κ3) is 8.57. The van der Waals surface area contributed by atoms with Gasteiger partial charge in [0.05, 0.1) is 0 Å². The van der Waals surface area contributed by atoms with Gasteiger partial charge in [-0.25, -0.2) is 0 Å². The van der Waals surface area contributed by atoms with E-state index in [0.717, 1.165) is 16.8 Å². The van der Waals surface area contributed by atoms with E-state index < -0.39 is 11.8 Å². The molecule has 2 aromatic rings. The van der Waals surface area contributed by atoms with E-state index in [1.807, 2.05) is 32.0 Å². The Morgan fingerprint density at radius 2 is 1.71 bits per heavy atom. The van der Waals surface area contributed by atoms with E-state index in [4.69, 9.17) is 23.8 Å². The molecule has 162 valence electrons. The van der Waals surface area contributed by atoms with Gasteiger partial charge in [0.1, 0.15) is 0 Å². The van der Waals surface area contributed by atoms with Crippen molar-refractivity contribution in [2.75, 3.05) is 5.32 Å². The van der Waals surface area contributed by atoms with Crippen LogP contribution in [0.25, 0.3) is 6.08 Å². The molecule has 0 saturated carbocycles. The topological polar surface area (TPSA) is 99.3 Å². The maximum atomic E-state index is 12.1. The number of carbonyl (C=O) groups is 3. The number of hydrogen-bond acceptors (Lipinski definition) is 4. The standard InChI is InChI=1S/C22H23ClN4O3S/c1-14-7-8-15(2)18(13-14)24-19(28)11-12-21(30)26-27-22(31)25-20(29)10-9-16-5-3-4-6-17(16)23/h3-10,13H,11-12H2,1-2H3,(H,24,28)(H,26,30)(H2,25,27,29,31). The first-order valence-electron chi connectivity index (χ1n) is 9.44. The number of aryl methyl sites for hydroxylation is 2. The summed E-state index contributed by atoms with van der Waals surface area (Å²) in [4.78, 5) is 35.9. The Balaban J connectivity index is 1.70. The Morgan fingerprint density at radius 3 is 2.45 bits per heavy atom. The third-order valence-corrected chi connectivity index (χ3v) is 4.67. The van der Waals surface area contributed by atoms with E-state index in [0.29, 0.717) is 10.6 Å². The number of thiocarbonyl (C=S) groups is 1. The molecule has 0 saturated heterocycles. The van der Waals surface area contributed by atoms with Gasteiger partial charge in [-0.2, -0.15) is 0 Å². The van der Waals surface area contributed by atoms with E-state index >= 15 is 0 Å². The molecule has 0 spiro atoms. The van der Waals surface area contributed by atoms with Crippen LogP contribution in [-0.4, -0.2) is 22.8 Å². The first kappa shape index (κ1) is 24.0. The van der Waals surface area contributed by atoms with Crippen molar-refractivity contribution in [3.05, 3.63) is 70.3 Å². The summed E-state index contributed by atoms with van der Waals surface area (Å²) in [5, 5.41) is 5.61. The zero-order chi connectivity index (χ0) is 22.8. The van der Waals surface area contributed by atoms with Crippen LogP contribution in [0.3, 0.4) is 0 Å². The normalized spacial score (nSPS) is 10.4. The summed E-state index contributed by atoms with van der Waals surface area (Å²) in [6, 6.07) is 12.8. The van der Waals surface area contributed by atoms with Crippen molar-refractivity contribution in [1.82, 2.24) is 16.2 Å². The summed E-state index contributed by atoms with van der Waals surface area (Å²) >= 11 is 11.0. The van der Waals surface area contributed by atoms with Crippen molar-refractivity contribution in [3.8, 4) is 0 Å². The van der Waals surface area contributed by atoms with Crippen LogP contribution in [0.4, 0.5) is 5.69 Å². The molecule has 2 rings (SSSR count). The van der Waals surface area contributed by atoms with E-state index in [2.05, 4.69) is 21.5 Å². The van der Waals surface area contributed by atoms with E-state index in [9.17, 15) is 14.4 Å². The van der Waals surface area contributed by atoms with Crippen molar-refractivity contribution >= 4 is 58.4 Å². The predicted molar refractivity (Wildman–Crippen MR) is 126 cm³/mol. The highest BCUT2D eigenvalue weighted by Crippen LogP contribution is 2.17. The number of anilines is 1. The summed E-state index contributed by atoms with van der Waals surface area (Å²) in [6.07, 6.45) is 2.77. The van der Waals surface area contributed by atoms with Crippen LogP contribution >= 0.6 is 23.8 Å². The number of hydrogen-bond donors (Lipinski definition) is 4. The van der Waals surface area contributed by atoms with Gasteiger partial charge in [-0.1, -0.05) is 41.9 Å². The van der Waals surface area contributed by atoms with Crippen molar-refractivity contribution in [3.63, 3.8) is 0 Å². The molecule has 0 bridgehead atoms. The molecule has 9 heteroatoms. The molecule has 0 heterocycles. The first-order chi connectivity index (χ1) is 14.7. The Labute approximate surface area is 191 Å². The summed E-state index contributed by atoms with van der Waals surface area (Å²) in [5.41, 5.74) is 8.13. The molecular formula is C22H23ClN4O3S. The van der Waals surface area contributed by atoms with Crippen LogP contribution in [0.2, 0.25) is 5.02 Å². The first-order valence-corrected chi connectivity index (χ1v) is 10.2. The van der Waals surface area contributed by atoms with Crippen LogP contribution < -0.4 is 21.5 Å². The predicted octanol–water partition coefficient (Wildman–Crippen LogP) is 3.41. The van der Waals surface area contributed by atoms with Gasteiger partial charge in [0.2, 0.25) is 17.7 Å². The molecule has 4 N–H and O–H groups in total. The number of rotatable bonds is 6. The monoisotopic (exact) mass is 458 g/mol. The SMILES string of the molecule is Cc1ccc(C)c(NC(=O)CCC(=O)NNC(=S)NC(=O)C=Cc2ccccc2Cl)c1. The fourth-order valence-corrected chi connectivity index (χ4v) is 2.81. The number of amides is 3. The lowest BCUT2D eigenvalue weighted by molar-refractivity contribution is -0.124. The van der Waals surface area contributed by atoms with Gasteiger partial charge in [0.25, 0.3) is 0 Å². The maximum Gasteiger partial charge on any atom is 0.250 e. The van der Waals surface area contributed by atoms with Crippen LogP contribution in [0, 0.1) is 13.8 Å². The quantitative estimate of drug-likeness (QED) is 0.302. The molecule has 0 fully saturated rings. The molecule has 0 aliphatic carbocycles. The number of hydrazine groups is 1. The molecule has 7 nitrogen and oxygen atoms in total. The molecule has 0 aliphatic rings. The van der Waals surface area contributed by atoms with Crippen LogP contribution in [0.15, 0.2) is 48.5 Å². The average Bonchev–Trinajstić information content (AvgIpc) is 2.73. The molecule has 3 amide bonds. The molecule has 31 heavy (non-hydrogen) atoms. The third-order valence-electron chi connectivity index (χ3n) is 4.12.